The molecule has 0 unspecified atom stereocenters. The SMILES string of the molecule is C=CC=C(CC)C1C=CC=C1. The van der Waals surface area contributed by atoms with Crippen LogP contribution in [0.1, 0.15) is 13.3 Å². The van der Waals surface area contributed by atoms with E-state index in [-0.39, 0.29) is 0 Å². The van der Waals surface area contributed by atoms with Crippen LogP contribution in [-0.2, 0) is 0 Å². The molecule has 0 aromatic carbocycles. The van der Waals surface area contributed by atoms with Crippen LogP contribution < -0.4 is 0 Å². The maximum atomic E-state index is 3.70. The maximum absolute atomic E-state index is 3.70. The summed E-state index contributed by atoms with van der Waals surface area (Å²) >= 11 is 0. The van der Waals surface area contributed by atoms with Crippen molar-refractivity contribution in [3.05, 3.63) is 48.6 Å². The van der Waals surface area contributed by atoms with E-state index < -0.39 is 0 Å². The van der Waals surface area contributed by atoms with Gasteiger partial charge in [0.1, 0.15) is 0 Å². The molecule has 58 valence electrons. The minimum absolute atomic E-state index is 0.526. The molecule has 11 heavy (non-hydrogen) atoms. The molecule has 0 bridgehead atoms. The summed E-state index contributed by atoms with van der Waals surface area (Å²) in [5.74, 6) is 0.526. The Kier molecular flexibility index (Phi) is 2.91. The van der Waals surface area contributed by atoms with Crippen molar-refractivity contribution in [3.63, 3.8) is 0 Å². The molecular formula is C11H14. The molecule has 0 spiro atoms. The molecule has 1 aliphatic rings. The molecule has 0 atom stereocenters. The van der Waals surface area contributed by atoms with Crippen LogP contribution in [0.4, 0.5) is 0 Å². The summed E-state index contributed by atoms with van der Waals surface area (Å²) < 4.78 is 0. The lowest BCUT2D eigenvalue weighted by Crippen LogP contribution is -1.93. The van der Waals surface area contributed by atoms with Gasteiger partial charge in [-0.15, -0.1) is 0 Å². The quantitative estimate of drug-likeness (QED) is 0.536. The van der Waals surface area contributed by atoms with Crippen molar-refractivity contribution in [1.29, 1.82) is 0 Å². The van der Waals surface area contributed by atoms with Gasteiger partial charge in [-0.05, 0) is 6.42 Å². The summed E-state index contributed by atoms with van der Waals surface area (Å²) in [6.07, 6.45) is 13.7. The Hall–Kier alpha value is -1.04. The van der Waals surface area contributed by atoms with Crippen LogP contribution in [0.3, 0.4) is 0 Å². The Morgan fingerprint density at radius 1 is 1.45 bits per heavy atom. The average Bonchev–Trinajstić information content (AvgIpc) is 2.52. The van der Waals surface area contributed by atoms with Crippen LogP contribution in [0.25, 0.3) is 0 Å². The summed E-state index contributed by atoms with van der Waals surface area (Å²) in [5, 5.41) is 0. The van der Waals surface area contributed by atoms with Crippen LogP contribution in [0.2, 0.25) is 0 Å². The van der Waals surface area contributed by atoms with Crippen LogP contribution in [0.15, 0.2) is 48.6 Å². The fourth-order valence-corrected chi connectivity index (χ4v) is 1.30. The van der Waals surface area contributed by atoms with Crippen LogP contribution >= 0.6 is 0 Å². The predicted octanol–water partition coefficient (Wildman–Crippen LogP) is 3.25. The van der Waals surface area contributed by atoms with E-state index in [0.29, 0.717) is 5.92 Å². The number of hydrogen-bond acceptors (Lipinski definition) is 0. The van der Waals surface area contributed by atoms with Crippen molar-refractivity contribution in [2.75, 3.05) is 0 Å². The molecule has 0 saturated heterocycles. The van der Waals surface area contributed by atoms with E-state index in [2.05, 4.69) is 43.9 Å². The molecule has 0 heteroatoms. The van der Waals surface area contributed by atoms with Crippen molar-refractivity contribution < 1.29 is 0 Å². The van der Waals surface area contributed by atoms with E-state index in [4.69, 9.17) is 0 Å². The monoisotopic (exact) mass is 146 g/mol. The number of rotatable bonds is 3. The maximum Gasteiger partial charge on any atom is 0.0166 e. The highest BCUT2D eigenvalue weighted by molar-refractivity contribution is 5.30. The van der Waals surface area contributed by atoms with Gasteiger partial charge in [-0.1, -0.05) is 55.5 Å². The molecule has 0 N–H and O–H groups in total. The largest absolute Gasteiger partial charge is 0.0991 e. The zero-order valence-electron chi connectivity index (χ0n) is 6.96. The van der Waals surface area contributed by atoms with E-state index >= 15 is 0 Å². The lowest BCUT2D eigenvalue weighted by molar-refractivity contribution is 0.898. The van der Waals surface area contributed by atoms with Crippen molar-refractivity contribution in [3.8, 4) is 0 Å². The summed E-state index contributed by atoms with van der Waals surface area (Å²) in [4.78, 5) is 0. The first-order valence-corrected chi connectivity index (χ1v) is 4.05. The smallest absolute Gasteiger partial charge is 0.0166 e. The Balaban J connectivity index is 2.69. The van der Waals surface area contributed by atoms with Gasteiger partial charge < -0.3 is 0 Å². The molecule has 0 nitrogen and oxygen atoms in total. The van der Waals surface area contributed by atoms with Crippen molar-refractivity contribution >= 4 is 0 Å². The zero-order valence-corrected chi connectivity index (χ0v) is 6.96. The molecule has 0 aromatic rings. The van der Waals surface area contributed by atoms with Crippen molar-refractivity contribution in [2.24, 2.45) is 5.92 Å². The molecule has 0 saturated carbocycles. The van der Waals surface area contributed by atoms with Gasteiger partial charge in [-0.25, -0.2) is 0 Å². The summed E-state index contributed by atoms with van der Waals surface area (Å²) in [7, 11) is 0. The lowest BCUT2D eigenvalue weighted by Gasteiger charge is -2.07. The second-order valence-electron chi connectivity index (χ2n) is 2.63. The van der Waals surface area contributed by atoms with Gasteiger partial charge in [0.15, 0.2) is 0 Å². The average molecular weight is 146 g/mol. The molecule has 0 fully saturated rings. The second kappa shape index (κ2) is 3.97. The van der Waals surface area contributed by atoms with E-state index in [0.717, 1.165) is 6.42 Å². The van der Waals surface area contributed by atoms with E-state index in [1.807, 2.05) is 6.08 Å². The van der Waals surface area contributed by atoms with E-state index in [1.54, 1.807) is 0 Å². The first kappa shape index (κ1) is 8.06. The first-order valence-electron chi connectivity index (χ1n) is 4.05. The van der Waals surface area contributed by atoms with Crippen LogP contribution in [-0.4, -0.2) is 0 Å². The Labute approximate surface area is 68.6 Å². The fraction of sp³-hybridized carbons (Fsp3) is 0.273. The summed E-state index contributed by atoms with van der Waals surface area (Å²) in [6.45, 7) is 5.87. The highest BCUT2D eigenvalue weighted by Crippen LogP contribution is 2.21. The van der Waals surface area contributed by atoms with Crippen molar-refractivity contribution in [1.82, 2.24) is 0 Å². The molecule has 1 rings (SSSR count). The van der Waals surface area contributed by atoms with Crippen molar-refractivity contribution in [2.45, 2.75) is 13.3 Å². The normalized spacial score (nSPS) is 17.7. The minimum atomic E-state index is 0.526. The fourth-order valence-electron chi connectivity index (χ4n) is 1.30. The number of allylic oxidation sites excluding steroid dienone is 7. The molecule has 0 aliphatic heterocycles. The molecular weight excluding hydrogens is 132 g/mol. The van der Waals surface area contributed by atoms with E-state index in [1.165, 1.54) is 5.57 Å². The summed E-state index contributed by atoms with van der Waals surface area (Å²) in [6, 6.07) is 0. The highest BCUT2D eigenvalue weighted by atomic mass is 14.1. The third kappa shape index (κ3) is 1.94. The Morgan fingerprint density at radius 3 is 2.55 bits per heavy atom. The Bertz CT molecular complexity index is 204. The standard InChI is InChI=1S/C11H14/c1-3-7-10(4-2)11-8-5-6-9-11/h3,5-9,11H,1,4H2,2H3. The molecule has 1 aliphatic carbocycles. The van der Waals surface area contributed by atoms with Gasteiger partial charge in [0.2, 0.25) is 0 Å². The zero-order chi connectivity index (χ0) is 8.10. The summed E-state index contributed by atoms with van der Waals surface area (Å²) in [5.41, 5.74) is 1.44. The topological polar surface area (TPSA) is 0 Å². The molecule has 0 heterocycles. The van der Waals surface area contributed by atoms with E-state index in [9.17, 15) is 0 Å². The first-order chi connectivity index (χ1) is 5.38. The number of hydrogen-bond donors (Lipinski definition) is 0. The van der Waals surface area contributed by atoms with Gasteiger partial charge in [0.25, 0.3) is 0 Å². The predicted molar refractivity (Wildman–Crippen MR) is 50.3 cm³/mol. The molecule has 0 amide bonds. The lowest BCUT2D eigenvalue weighted by atomic mass is 9.98. The molecule has 0 aromatic heterocycles. The minimum Gasteiger partial charge on any atom is -0.0991 e. The van der Waals surface area contributed by atoms with Gasteiger partial charge in [0, 0.05) is 5.92 Å². The molecule has 0 radical (unpaired) electrons. The Morgan fingerprint density at radius 2 is 2.09 bits per heavy atom. The van der Waals surface area contributed by atoms with Gasteiger partial charge in [-0.3, -0.25) is 0 Å². The second-order valence-corrected chi connectivity index (χ2v) is 2.63. The van der Waals surface area contributed by atoms with Gasteiger partial charge >= 0.3 is 0 Å². The van der Waals surface area contributed by atoms with Gasteiger partial charge in [0.05, 0.1) is 0 Å². The highest BCUT2D eigenvalue weighted by Gasteiger charge is 2.06. The third-order valence-corrected chi connectivity index (χ3v) is 1.92. The van der Waals surface area contributed by atoms with Crippen LogP contribution in [0, 0.1) is 5.92 Å². The van der Waals surface area contributed by atoms with Crippen LogP contribution in [0.5, 0.6) is 0 Å². The third-order valence-electron chi connectivity index (χ3n) is 1.92. The van der Waals surface area contributed by atoms with Gasteiger partial charge in [-0.2, -0.15) is 0 Å².